The maximum Gasteiger partial charge on any atom is 0.339 e. The van der Waals surface area contributed by atoms with Gasteiger partial charge in [-0.15, -0.1) is 11.3 Å². The minimum absolute atomic E-state index is 0.265. The summed E-state index contributed by atoms with van der Waals surface area (Å²) >= 11 is 5.08. The second-order valence-electron chi connectivity index (χ2n) is 4.37. The summed E-state index contributed by atoms with van der Waals surface area (Å²) in [5, 5.41) is 15.2. The summed E-state index contributed by atoms with van der Waals surface area (Å²) in [5.41, 5.74) is 2.18. The average molecular weight is 344 g/mol. The van der Waals surface area contributed by atoms with Gasteiger partial charge < -0.3 is 5.11 Å². The average Bonchev–Trinajstić information content (AvgIpc) is 2.87. The minimum Gasteiger partial charge on any atom is -0.478 e. The van der Waals surface area contributed by atoms with Crippen molar-refractivity contribution in [3.63, 3.8) is 0 Å². The molecule has 0 spiro atoms. The standard InChI is InChI=1S/C12H14BrN3O2S/c1-15(5-8-3-11(13)19-7-8)6-10-9(12(17)18)4-14-16(10)2/h3-4,7H,5-6H2,1-2H3,(H,17,18). The lowest BCUT2D eigenvalue weighted by molar-refractivity contribution is 0.0694. The van der Waals surface area contributed by atoms with Crippen molar-refractivity contribution >= 4 is 33.2 Å². The number of carboxylic acids is 1. The van der Waals surface area contributed by atoms with Crippen molar-refractivity contribution in [2.24, 2.45) is 7.05 Å². The van der Waals surface area contributed by atoms with Gasteiger partial charge in [0.25, 0.3) is 0 Å². The molecule has 19 heavy (non-hydrogen) atoms. The lowest BCUT2D eigenvalue weighted by Crippen LogP contribution is -2.20. The van der Waals surface area contributed by atoms with Gasteiger partial charge in [-0.1, -0.05) is 0 Å². The van der Waals surface area contributed by atoms with E-state index in [2.05, 4.69) is 37.4 Å². The number of rotatable bonds is 5. The van der Waals surface area contributed by atoms with E-state index in [9.17, 15) is 4.79 Å². The molecule has 0 aromatic carbocycles. The second kappa shape index (κ2) is 5.85. The van der Waals surface area contributed by atoms with E-state index in [1.54, 1.807) is 23.1 Å². The molecule has 0 unspecified atom stereocenters. The van der Waals surface area contributed by atoms with Gasteiger partial charge in [-0.3, -0.25) is 9.58 Å². The highest BCUT2D eigenvalue weighted by Gasteiger charge is 2.16. The van der Waals surface area contributed by atoms with Gasteiger partial charge in [0.15, 0.2) is 0 Å². The number of aryl methyl sites for hydroxylation is 1. The zero-order valence-electron chi connectivity index (χ0n) is 10.6. The highest BCUT2D eigenvalue weighted by molar-refractivity contribution is 9.11. The van der Waals surface area contributed by atoms with E-state index < -0.39 is 5.97 Å². The van der Waals surface area contributed by atoms with Crippen molar-refractivity contribution < 1.29 is 9.90 Å². The first-order chi connectivity index (χ1) is 8.97. The molecule has 0 atom stereocenters. The van der Waals surface area contributed by atoms with Crippen molar-refractivity contribution in [3.05, 3.63) is 38.3 Å². The molecule has 1 N–H and O–H groups in total. The number of aromatic nitrogens is 2. The summed E-state index contributed by atoms with van der Waals surface area (Å²) in [4.78, 5) is 13.2. The largest absolute Gasteiger partial charge is 0.478 e. The summed E-state index contributed by atoms with van der Waals surface area (Å²) in [5.74, 6) is -0.935. The van der Waals surface area contributed by atoms with E-state index in [1.165, 1.54) is 11.8 Å². The van der Waals surface area contributed by atoms with E-state index in [4.69, 9.17) is 5.11 Å². The Bertz CT molecular complexity index is 594. The van der Waals surface area contributed by atoms with Crippen LogP contribution in [0.1, 0.15) is 21.6 Å². The first-order valence-corrected chi connectivity index (χ1v) is 7.30. The molecule has 2 rings (SSSR count). The van der Waals surface area contributed by atoms with E-state index in [0.29, 0.717) is 12.2 Å². The molecule has 0 bridgehead atoms. The van der Waals surface area contributed by atoms with Gasteiger partial charge in [0.1, 0.15) is 5.56 Å². The van der Waals surface area contributed by atoms with Crippen LogP contribution in [-0.4, -0.2) is 32.8 Å². The molecule has 5 nitrogen and oxygen atoms in total. The number of carboxylic acid groups (broad SMARTS) is 1. The third-order valence-electron chi connectivity index (χ3n) is 2.79. The molecule has 0 saturated heterocycles. The van der Waals surface area contributed by atoms with Crippen LogP contribution < -0.4 is 0 Å². The zero-order valence-corrected chi connectivity index (χ0v) is 13.0. The monoisotopic (exact) mass is 343 g/mol. The normalized spacial score (nSPS) is 11.2. The van der Waals surface area contributed by atoms with Gasteiger partial charge in [-0.2, -0.15) is 5.10 Å². The molecule has 2 aromatic rings. The van der Waals surface area contributed by atoms with Gasteiger partial charge in [-0.05, 0) is 40.0 Å². The number of nitrogens with zero attached hydrogens (tertiary/aromatic N) is 3. The molecule has 0 saturated carbocycles. The maximum absolute atomic E-state index is 11.1. The number of aromatic carboxylic acids is 1. The van der Waals surface area contributed by atoms with E-state index in [0.717, 1.165) is 10.3 Å². The molecule has 0 radical (unpaired) electrons. The lowest BCUT2D eigenvalue weighted by Gasteiger charge is -2.16. The first kappa shape index (κ1) is 14.2. The predicted octanol–water partition coefficient (Wildman–Crippen LogP) is 2.57. The van der Waals surface area contributed by atoms with Crippen molar-refractivity contribution in [1.82, 2.24) is 14.7 Å². The van der Waals surface area contributed by atoms with Crippen molar-refractivity contribution in [3.8, 4) is 0 Å². The fourth-order valence-corrected chi connectivity index (χ4v) is 3.08. The topological polar surface area (TPSA) is 58.4 Å². The Morgan fingerprint density at radius 2 is 2.32 bits per heavy atom. The van der Waals surface area contributed by atoms with Gasteiger partial charge >= 0.3 is 5.97 Å². The van der Waals surface area contributed by atoms with Gasteiger partial charge in [0.2, 0.25) is 0 Å². The molecule has 0 aliphatic carbocycles. The molecule has 7 heteroatoms. The number of thiophene rings is 1. The lowest BCUT2D eigenvalue weighted by atomic mass is 10.2. The van der Waals surface area contributed by atoms with Crippen LogP contribution >= 0.6 is 27.3 Å². The third-order valence-corrected chi connectivity index (χ3v) is 4.34. The molecule has 2 aromatic heterocycles. The van der Waals surface area contributed by atoms with Crippen LogP contribution in [0.4, 0.5) is 0 Å². The van der Waals surface area contributed by atoms with Crippen LogP contribution in [0.25, 0.3) is 0 Å². The second-order valence-corrected chi connectivity index (χ2v) is 6.66. The molecule has 0 fully saturated rings. The zero-order chi connectivity index (χ0) is 14.0. The number of hydrogen-bond donors (Lipinski definition) is 1. The Hall–Kier alpha value is -1.18. The highest BCUT2D eigenvalue weighted by Crippen LogP contribution is 2.22. The van der Waals surface area contributed by atoms with E-state index in [-0.39, 0.29) is 5.56 Å². The molecular formula is C12H14BrN3O2S. The van der Waals surface area contributed by atoms with Crippen LogP contribution in [0, 0.1) is 0 Å². The van der Waals surface area contributed by atoms with Crippen molar-refractivity contribution in [2.75, 3.05) is 7.05 Å². The van der Waals surface area contributed by atoms with Crippen molar-refractivity contribution in [1.29, 1.82) is 0 Å². The molecular weight excluding hydrogens is 330 g/mol. The smallest absolute Gasteiger partial charge is 0.339 e. The Morgan fingerprint density at radius 1 is 1.58 bits per heavy atom. The Morgan fingerprint density at radius 3 is 2.89 bits per heavy atom. The van der Waals surface area contributed by atoms with E-state index >= 15 is 0 Å². The van der Waals surface area contributed by atoms with E-state index in [1.807, 2.05) is 7.05 Å². The molecule has 2 heterocycles. The fourth-order valence-electron chi connectivity index (χ4n) is 1.88. The van der Waals surface area contributed by atoms with Crippen LogP contribution in [0.15, 0.2) is 21.4 Å². The Labute approximate surface area is 123 Å². The Balaban J connectivity index is 2.08. The predicted molar refractivity (Wildman–Crippen MR) is 77.4 cm³/mol. The summed E-state index contributed by atoms with van der Waals surface area (Å²) in [6, 6.07) is 2.07. The van der Waals surface area contributed by atoms with Crippen LogP contribution in [0.2, 0.25) is 0 Å². The van der Waals surface area contributed by atoms with Gasteiger partial charge in [-0.25, -0.2) is 4.79 Å². The van der Waals surface area contributed by atoms with Crippen LogP contribution in [0.5, 0.6) is 0 Å². The molecule has 0 amide bonds. The summed E-state index contributed by atoms with van der Waals surface area (Å²) < 4.78 is 2.71. The summed E-state index contributed by atoms with van der Waals surface area (Å²) in [7, 11) is 3.72. The third kappa shape index (κ3) is 3.43. The Kier molecular flexibility index (Phi) is 4.38. The molecule has 102 valence electrons. The van der Waals surface area contributed by atoms with Gasteiger partial charge in [0.05, 0.1) is 15.7 Å². The number of hydrogen-bond acceptors (Lipinski definition) is 4. The first-order valence-electron chi connectivity index (χ1n) is 5.63. The van der Waals surface area contributed by atoms with Crippen LogP contribution in [0.3, 0.4) is 0 Å². The molecule has 0 aliphatic heterocycles. The number of carbonyl (C=O) groups is 1. The minimum atomic E-state index is -0.935. The SMILES string of the molecule is CN(Cc1csc(Br)c1)Cc1c(C(=O)O)cnn1C. The summed E-state index contributed by atoms with van der Waals surface area (Å²) in [6.07, 6.45) is 1.40. The summed E-state index contributed by atoms with van der Waals surface area (Å²) in [6.45, 7) is 1.32. The van der Waals surface area contributed by atoms with Crippen molar-refractivity contribution in [2.45, 2.75) is 13.1 Å². The molecule has 0 aliphatic rings. The fraction of sp³-hybridized carbons (Fsp3) is 0.333. The number of halogens is 1. The van der Waals surface area contributed by atoms with Gasteiger partial charge in [0, 0.05) is 20.1 Å². The highest BCUT2D eigenvalue weighted by atomic mass is 79.9. The quantitative estimate of drug-likeness (QED) is 0.906. The maximum atomic E-state index is 11.1. The van der Waals surface area contributed by atoms with Crippen LogP contribution in [-0.2, 0) is 20.1 Å².